The van der Waals surface area contributed by atoms with Crippen LogP contribution in [0.3, 0.4) is 0 Å². The van der Waals surface area contributed by atoms with E-state index in [-0.39, 0.29) is 11.9 Å². The monoisotopic (exact) mass is 364 g/mol. The van der Waals surface area contributed by atoms with Crippen molar-refractivity contribution in [3.8, 4) is 5.75 Å². The molecule has 0 aromatic heterocycles. The van der Waals surface area contributed by atoms with E-state index in [1.54, 1.807) is 12.1 Å². The van der Waals surface area contributed by atoms with Crippen molar-refractivity contribution in [2.45, 2.75) is 18.8 Å². The van der Waals surface area contributed by atoms with Gasteiger partial charge in [-0.3, -0.25) is 4.79 Å². The number of epoxide rings is 1. The summed E-state index contributed by atoms with van der Waals surface area (Å²) in [5.74, 6) is 0.480. The first-order valence-electron chi connectivity index (χ1n) is 8.44. The summed E-state index contributed by atoms with van der Waals surface area (Å²) in [7, 11) is 0. The van der Waals surface area contributed by atoms with Crippen LogP contribution in [-0.4, -0.2) is 11.9 Å². The van der Waals surface area contributed by atoms with Crippen LogP contribution < -0.4 is 4.74 Å². The summed E-state index contributed by atoms with van der Waals surface area (Å²) in [6.45, 7) is 0.407. The molecule has 0 unspecified atom stereocenters. The molecule has 26 heavy (non-hydrogen) atoms. The Bertz CT molecular complexity index is 923. The van der Waals surface area contributed by atoms with Crippen LogP contribution >= 0.6 is 11.6 Å². The molecule has 0 radical (unpaired) electrons. The summed E-state index contributed by atoms with van der Waals surface area (Å²) in [6.07, 6.45) is -0.810. The fourth-order valence-corrected chi connectivity index (χ4v) is 3.18. The standard InChI is InChI=1S/C22H17ClO3/c23-18-12-6-4-10-16(18)21-22(26-21)20(24)17-11-5-7-13-19(17)25-14-15-8-2-1-3-9-15/h1-13,21-22H,14H2/t21-,22+/m1/s1. The summed E-state index contributed by atoms with van der Waals surface area (Å²) >= 11 is 6.21. The van der Waals surface area contributed by atoms with E-state index < -0.39 is 6.10 Å². The number of hydrogen-bond donors (Lipinski definition) is 0. The number of Topliss-reactive ketones (excluding diaryl/α,β-unsaturated/α-hetero) is 1. The Morgan fingerprint density at radius 3 is 2.42 bits per heavy atom. The quantitative estimate of drug-likeness (QED) is 0.443. The third-order valence-corrected chi connectivity index (χ3v) is 4.70. The van der Waals surface area contributed by atoms with Crippen molar-refractivity contribution in [2.24, 2.45) is 0 Å². The fourth-order valence-electron chi connectivity index (χ4n) is 2.94. The van der Waals surface area contributed by atoms with Crippen LogP contribution in [0.4, 0.5) is 0 Å². The molecule has 130 valence electrons. The van der Waals surface area contributed by atoms with E-state index in [2.05, 4.69) is 0 Å². The molecule has 2 atom stereocenters. The second-order valence-electron chi connectivity index (χ2n) is 6.13. The second kappa shape index (κ2) is 7.32. The predicted octanol–water partition coefficient (Wildman–Crippen LogP) is 5.24. The average Bonchev–Trinajstić information content (AvgIpc) is 3.48. The minimum absolute atomic E-state index is 0.0846. The SMILES string of the molecule is O=C(c1ccccc1OCc1ccccc1)[C@@H]1O[C@@H]1c1ccccc1Cl. The molecule has 4 rings (SSSR count). The third-order valence-electron chi connectivity index (χ3n) is 4.35. The van der Waals surface area contributed by atoms with Gasteiger partial charge in [0.05, 0.1) is 5.56 Å². The van der Waals surface area contributed by atoms with Crippen molar-refractivity contribution in [1.82, 2.24) is 0 Å². The largest absolute Gasteiger partial charge is 0.488 e. The molecule has 3 aromatic rings. The summed E-state index contributed by atoms with van der Waals surface area (Å²) in [5.41, 5.74) is 2.42. The molecule has 0 aliphatic carbocycles. The normalized spacial score (nSPS) is 18.3. The van der Waals surface area contributed by atoms with Crippen molar-refractivity contribution in [3.63, 3.8) is 0 Å². The van der Waals surface area contributed by atoms with Crippen LogP contribution in [0.25, 0.3) is 0 Å². The van der Waals surface area contributed by atoms with E-state index >= 15 is 0 Å². The molecule has 0 N–H and O–H groups in total. The van der Waals surface area contributed by atoms with Crippen molar-refractivity contribution in [1.29, 1.82) is 0 Å². The smallest absolute Gasteiger partial charge is 0.198 e. The Morgan fingerprint density at radius 2 is 1.62 bits per heavy atom. The Kier molecular flexibility index (Phi) is 4.74. The van der Waals surface area contributed by atoms with Crippen molar-refractivity contribution in [2.75, 3.05) is 0 Å². The number of ketones is 1. The lowest BCUT2D eigenvalue weighted by Crippen LogP contribution is -2.11. The molecule has 0 spiro atoms. The van der Waals surface area contributed by atoms with Crippen LogP contribution in [0.1, 0.15) is 27.6 Å². The highest BCUT2D eigenvalue weighted by Crippen LogP contribution is 2.44. The van der Waals surface area contributed by atoms with Gasteiger partial charge in [0.2, 0.25) is 0 Å². The van der Waals surface area contributed by atoms with Crippen molar-refractivity contribution < 1.29 is 14.3 Å². The van der Waals surface area contributed by atoms with Crippen molar-refractivity contribution >= 4 is 17.4 Å². The van der Waals surface area contributed by atoms with Crippen LogP contribution in [0.2, 0.25) is 5.02 Å². The number of benzene rings is 3. The highest BCUT2D eigenvalue weighted by Gasteiger charge is 2.47. The van der Waals surface area contributed by atoms with Gasteiger partial charge in [-0.15, -0.1) is 0 Å². The first-order valence-corrected chi connectivity index (χ1v) is 8.81. The zero-order chi connectivity index (χ0) is 17.9. The first kappa shape index (κ1) is 16.8. The maximum atomic E-state index is 12.9. The molecule has 1 saturated heterocycles. The van der Waals surface area contributed by atoms with Gasteiger partial charge >= 0.3 is 0 Å². The number of hydrogen-bond acceptors (Lipinski definition) is 3. The third kappa shape index (κ3) is 3.50. The molecule has 1 aliphatic heterocycles. The Labute approximate surface area is 157 Å². The Hall–Kier alpha value is -2.62. The molecule has 1 heterocycles. The summed E-state index contributed by atoms with van der Waals surface area (Å²) in [4.78, 5) is 12.9. The van der Waals surface area contributed by atoms with E-state index in [0.717, 1.165) is 11.1 Å². The van der Waals surface area contributed by atoms with E-state index in [1.807, 2.05) is 66.7 Å². The lowest BCUT2D eigenvalue weighted by atomic mass is 10.0. The van der Waals surface area contributed by atoms with Gasteiger partial charge in [0.15, 0.2) is 11.9 Å². The van der Waals surface area contributed by atoms with Gasteiger partial charge in [0.1, 0.15) is 18.5 Å². The zero-order valence-electron chi connectivity index (χ0n) is 14.0. The summed E-state index contributed by atoms with van der Waals surface area (Å²) < 4.78 is 11.5. The number of rotatable bonds is 6. The lowest BCUT2D eigenvalue weighted by molar-refractivity contribution is 0.0949. The zero-order valence-corrected chi connectivity index (χ0v) is 14.7. The minimum Gasteiger partial charge on any atom is -0.488 e. The Morgan fingerprint density at radius 1 is 0.923 bits per heavy atom. The van der Waals surface area contributed by atoms with Crippen molar-refractivity contribution in [3.05, 3.63) is 101 Å². The molecule has 1 aliphatic rings. The number of halogens is 1. The molecule has 1 fully saturated rings. The molecular weight excluding hydrogens is 348 g/mol. The second-order valence-corrected chi connectivity index (χ2v) is 6.54. The topological polar surface area (TPSA) is 38.8 Å². The molecule has 0 bridgehead atoms. The average molecular weight is 365 g/mol. The van der Waals surface area contributed by atoms with Gasteiger partial charge in [-0.1, -0.05) is 72.3 Å². The summed E-state index contributed by atoms with van der Waals surface area (Å²) in [5, 5.41) is 0.612. The molecule has 0 saturated carbocycles. The van der Waals surface area contributed by atoms with Gasteiger partial charge in [0.25, 0.3) is 0 Å². The van der Waals surface area contributed by atoms with Gasteiger partial charge in [-0.2, -0.15) is 0 Å². The highest BCUT2D eigenvalue weighted by molar-refractivity contribution is 6.31. The number of para-hydroxylation sites is 1. The maximum Gasteiger partial charge on any atom is 0.198 e. The Balaban J connectivity index is 1.50. The van der Waals surface area contributed by atoms with Gasteiger partial charge < -0.3 is 9.47 Å². The molecular formula is C22H17ClO3. The van der Waals surface area contributed by atoms with Gasteiger partial charge in [-0.05, 0) is 23.8 Å². The summed E-state index contributed by atoms with van der Waals surface area (Å²) in [6, 6.07) is 24.6. The molecule has 4 heteroatoms. The number of ether oxygens (including phenoxy) is 2. The molecule has 3 nitrogen and oxygen atoms in total. The van der Waals surface area contributed by atoms with Crippen LogP contribution in [0.5, 0.6) is 5.75 Å². The van der Waals surface area contributed by atoms with Crippen LogP contribution in [0.15, 0.2) is 78.9 Å². The van der Waals surface area contributed by atoms with E-state index in [9.17, 15) is 4.79 Å². The van der Waals surface area contributed by atoms with Gasteiger partial charge in [-0.25, -0.2) is 0 Å². The van der Waals surface area contributed by atoms with Crippen LogP contribution in [-0.2, 0) is 11.3 Å². The number of carbonyl (C=O) groups excluding carboxylic acids is 1. The van der Waals surface area contributed by atoms with Gasteiger partial charge in [0, 0.05) is 10.6 Å². The lowest BCUT2D eigenvalue weighted by Gasteiger charge is -2.10. The molecule has 0 amide bonds. The van der Waals surface area contributed by atoms with E-state index in [1.165, 1.54) is 0 Å². The maximum absolute atomic E-state index is 12.9. The highest BCUT2D eigenvalue weighted by atomic mass is 35.5. The number of carbonyl (C=O) groups is 1. The van der Waals surface area contributed by atoms with E-state index in [4.69, 9.17) is 21.1 Å². The fraction of sp³-hybridized carbons (Fsp3) is 0.136. The first-order chi connectivity index (χ1) is 12.7. The molecule has 3 aromatic carbocycles. The van der Waals surface area contributed by atoms with Crippen LogP contribution in [0, 0.1) is 0 Å². The van der Waals surface area contributed by atoms with E-state index in [0.29, 0.717) is 22.9 Å². The minimum atomic E-state index is -0.517. The predicted molar refractivity (Wildman–Crippen MR) is 101 cm³/mol.